The average Bonchev–Trinajstić information content (AvgIpc) is 1.99. The van der Waals surface area contributed by atoms with Gasteiger partial charge in [0.15, 0.2) is 0 Å². The number of carbonyl (C=O) groups is 1. The first-order valence-electron chi connectivity index (χ1n) is 5.79. The Kier molecular flexibility index (Phi) is 3.77. The second-order valence-corrected chi connectivity index (χ2v) is 5.41. The Morgan fingerprint density at radius 1 is 1.47 bits per heavy atom. The largest absolute Gasteiger partial charge is 0.481 e. The summed E-state index contributed by atoms with van der Waals surface area (Å²) in [6, 6.07) is 0. The molecule has 0 aromatic heterocycles. The van der Waals surface area contributed by atoms with Crippen molar-refractivity contribution in [3.63, 3.8) is 0 Å². The Labute approximate surface area is 91.5 Å². The topological polar surface area (TPSA) is 57.5 Å². The van der Waals surface area contributed by atoms with Crippen LogP contribution in [0.1, 0.15) is 46.5 Å². The van der Waals surface area contributed by atoms with Gasteiger partial charge in [-0.15, -0.1) is 0 Å². The zero-order valence-electron chi connectivity index (χ0n) is 9.86. The maximum atomic E-state index is 10.8. The van der Waals surface area contributed by atoms with Gasteiger partial charge in [0.2, 0.25) is 0 Å². The first kappa shape index (κ1) is 12.5. The Balaban J connectivity index is 2.80. The van der Waals surface area contributed by atoms with Crippen molar-refractivity contribution in [2.75, 3.05) is 0 Å². The lowest BCUT2D eigenvalue weighted by molar-refractivity contribution is -0.150. The molecule has 1 aliphatic carbocycles. The predicted molar refractivity (Wildman–Crippen MR) is 58.5 cm³/mol. The van der Waals surface area contributed by atoms with Crippen molar-refractivity contribution in [2.24, 2.45) is 17.8 Å². The maximum Gasteiger partial charge on any atom is 0.306 e. The zero-order valence-corrected chi connectivity index (χ0v) is 9.86. The minimum Gasteiger partial charge on any atom is -0.481 e. The molecule has 1 unspecified atom stereocenters. The fourth-order valence-electron chi connectivity index (χ4n) is 3.01. The molecule has 0 saturated heterocycles. The summed E-state index contributed by atoms with van der Waals surface area (Å²) in [5, 5.41) is 19.3. The van der Waals surface area contributed by atoms with E-state index in [0.29, 0.717) is 18.3 Å². The molecule has 88 valence electrons. The number of rotatable bonds is 3. The standard InChI is InChI=1S/C12H22O3/c1-8(2)10-5-4-9(3)6-12(10,15)7-11(13)14/h8-10,15H,4-7H2,1-3H3,(H,13,14)/t9?,10-,12+/m0/s1. The van der Waals surface area contributed by atoms with E-state index >= 15 is 0 Å². The molecule has 3 heteroatoms. The fraction of sp³-hybridized carbons (Fsp3) is 0.917. The second kappa shape index (κ2) is 4.52. The molecule has 2 N–H and O–H groups in total. The molecular formula is C12H22O3. The molecule has 0 aromatic rings. The zero-order chi connectivity index (χ0) is 11.6. The van der Waals surface area contributed by atoms with Crippen molar-refractivity contribution < 1.29 is 15.0 Å². The molecule has 0 aromatic carbocycles. The Hall–Kier alpha value is -0.570. The molecule has 0 spiro atoms. The van der Waals surface area contributed by atoms with Gasteiger partial charge in [-0.05, 0) is 30.6 Å². The van der Waals surface area contributed by atoms with Crippen LogP contribution in [0.15, 0.2) is 0 Å². The van der Waals surface area contributed by atoms with Gasteiger partial charge in [-0.2, -0.15) is 0 Å². The van der Waals surface area contributed by atoms with Gasteiger partial charge >= 0.3 is 5.97 Å². The lowest BCUT2D eigenvalue weighted by atomic mass is 9.66. The summed E-state index contributed by atoms with van der Waals surface area (Å²) < 4.78 is 0. The van der Waals surface area contributed by atoms with Crippen molar-refractivity contribution in [3.05, 3.63) is 0 Å². The van der Waals surface area contributed by atoms with E-state index in [1.807, 2.05) is 0 Å². The monoisotopic (exact) mass is 214 g/mol. The van der Waals surface area contributed by atoms with E-state index in [1.54, 1.807) is 0 Å². The first-order chi connectivity index (χ1) is 6.85. The number of aliphatic hydroxyl groups is 1. The summed E-state index contributed by atoms with van der Waals surface area (Å²) in [6.45, 7) is 6.21. The van der Waals surface area contributed by atoms with Crippen molar-refractivity contribution >= 4 is 5.97 Å². The van der Waals surface area contributed by atoms with E-state index in [0.717, 1.165) is 12.8 Å². The second-order valence-electron chi connectivity index (χ2n) is 5.41. The molecule has 15 heavy (non-hydrogen) atoms. The fourth-order valence-corrected chi connectivity index (χ4v) is 3.01. The van der Waals surface area contributed by atoms with Crippen LogP contribution in [0.4, 0.5) is 0 Å². The number of hydrogen-bond acceptors (Lipinski definition) is 2. The van der Waals surface area contributed by atoms with Crippen LogP contribution in [0.3, 0.4) is 0 Å². The van der Waals surface area contributed by atoms with Crippen LogP contribution in [0.5, 0.6) is 0 Å². The van der Waals surface area contributed by atoms with Crippen LogP contribution in [0, 0.1) is 17.8 Å². The molecule has 3 nitrogen and oxygen atoms in total. The number of carboxylic acids is 1. The van der Waals surface area contributed by atoms with Gasteiger partial charge in [-0.3, -0.25) is 4.79 Å². The molecule has 1 rings (SSSR count). The molecule has 1 aliphatic rings. The molecule has 3 atom stereocenters. The van der Waals surface area contributed by atoms with Gasteiger partial charge < -0.3 is 10.2 Å². The van der Waals surface area contributed by atoms with E-state index in [9.17, 15) is 9.90 Å². The molecule has 0 amide bonds. The molecule has 0 bridgehead atoms. The van der Waals surface area contributed by atoms with Crippen LogP contribution < -0.4 is 0 Å². The van der Waals surface area contributed by atoms with Crippen LogP contribution in [-0.4, -0.2) is 21.8 Å². The highest BCUT2D eigenvalue weighted by Gasteiger charge is 2.43. The van der Waals surface area contributed by atoms with E-state index in [2.05, 4.69) is 20.8 Å². The lowest BCUT2D eigenvalue weighted by Gasteiger charge is -2.43. The SMILES string of the molecule is CC1CC[C@@H](C(C)C)[C@](O)(CC(=O)O)C1. The summed E-state index contributed by atoms with van der Waals surface area (Å²) in [5.74, 6) is 0.0215. The highest BCUT2D eigenvalue weighted by molar-refractivity contribution is 5.68. The summed E-state index contributed by atoms with van der Waals surface area (Å²) in [6.07, 6.45) is 2.57. The average molecular weight is 214 g/mol. The highest BCUT2D eigenvalue weighted by Crippen LogP contribution is 2.42. The quantitative estimate of drug-likeness (QED) is 0.757. The molecule has 0 heterocycles. The van der Waals surface area contributed by atoms with E-state index in [4.69, 9.17) is 5.11 Å². The Morgan fingerprint density at radius 2 is 2.07 bits per heavy atom. The van der Waals surface area contributed by atoms with Crippen LogP contribution >= 0.6 is 0 Å². The smallest absolute Gasteiger partial charge is 0.306 e. The molecule has 0 radical (unpaired) electrons. The first-order valence-corrected chi connectivity index (χ1v) is 5.79. The summed E-state index contributed by atoms with van der Waals surface area (Å²) in [7, 11) is 0. The Bertz CT molecular complexity index is 237. The third-order valence-electron chi connectivity index (χ3n) is 3.62. The van der Waals surface area contributed by atoms with Crippen molar-refractivity contribution in [3.8, 4) is 0 Å². The van der Waals surface area contributed by atoms with Gasteiger partial charge in [0.05, 0.1) is 12.0 Å². The Morgan fingerprint density at radius 3 is 2.53 bits per heavy atom. The van der Waals surface area contributed by atoms with Crippen LogP contribution in [0.25, 0.3) is 0 Å². The van der Waals surface area contributed by atoms with E-state index < -0.39 is 11.6 Å². The molecular weight excluding hydrogens is 192 g/mol. The van der Waals surface area contributed by atoms with Gasteiger partial charge in [0, 0.05) is 0 Å². The number of aliphatic carboxylic acids is 1. The minimum absolute atomic E-state index is 0.111. The summed E-state index contributed by atoms with van der Waals surface area (Å²) >= 11 is 0. The molecule has 0 aliphatic heterocycles. The van der Waals surface area contributed by atoms with Gasteiger partial charge in [-0.1, -0.05) is 27.2 Å². The lowest BCUT2D eigenvalue weighted by Crippen LogP contribution is -2.46. The van der Waals surface area contributed by atoms with Crippen LogP contribution in [0.2, 0.25) is 0 Å². The summed E-state index contributed by atoms with van der Waals surface area (Å²) in [4.78, 5) is 10.8. The summed E-state index contributed by atoms with van der Waals surface area (Å²) in [5.41, 5.74) is -0.988. The molecule has 1 fully saturated rings. The normalized spacial score (nSPS) is 36.9. The maximum absolute atomic E-state index is 10.8. The molecule has 1 saturated carbocycles. The van der Waals surface area contributed by atoms with Gasteiger partial charge in [0.25, 0.3) is 0 Å². The van der Waals surface area contributed by atoms with Gasteiger partial charge in [-0.25, -0.2) is 0 Å². The van der Waals surface area contributed by atoms with Gasteiger partial charge in [0.1, 0.15) is 0 Å². The van der Waals surface area contributed by atoms with Crippen molar-refractivity contribution in [1.82, 2.24) is 0 Å². The van der Waals surface area contributed by atoms with Crippen LogP contribution in [-0.2, 0) is 4.79 Å². The minimum atomic E-state index is -0.988. The van der Waals surface area contributed by atoms with Crippen molar-refractivity contribution in [1.29, 1.82) is 0 Å². The predicted octanol–water partition coefficient (Wildman–Crippen LogP) is 2.28. The van der Waals surface area contributed by atoms with E-state index in [-0.39, 0.29) is 12.3 Å². The number of carboxylic acid groups (broad SMARTS) is 1. The third-order valence-corrected chi connectivity index (χ3v) is 3.62. The highest BCUT2D eigenvalue weighted by atomic mass is 16.4. The number of hydrogen-bond donors (Lipinski definition) is 2. The van der Waals surface area contributed by atoms with Crippen molar-refractivity contribution in [2.45, 2.75) is 52.1 Å². The van der Waals surface area contributed by atoms with E-state index in [1.165, 1.54) is 0 Å². The third kappa shape index (κ3) is 2.94.